The van der Waals surface area contributed by atoms with Crippen LogP contribution >= 0.6 is 22.9 Å². The van der Waals surface area contributed by atoms with Gasteiger partial charge in [0.25, 0.3) is 0 Å². The normalized spacial score (nSPS) is 16.7. The molecule has 2 heterocycles. The van der Waals surface area contributed by atoms with Crippen molar-refractivity contribution in [3.8, 4) is 0 Å². The Morgan fingerprint density at radius 3 is 2.96 bits per heavy atom. The average molecular weight is 405 g/mol. The lowest BCUT2D eigenvalue weighted by Crippen LogP contribution is -2.38. The quantitative estimate of drug-likeness (QED) is 0.610. The third-order valence-electron chi connectivity index (χ3n) is 4.58. The summed E-state index contributed by atoms with van der Waals surface area (Å²) < 4.78 is 20.0. The molecule has 0 radical (unpaired) electrons. The molecular formula is C20H18ClFN2O2S. The van der Waals surface area contributed by atoms with Crippen LogP contribution < -0.4 is 4.90 Å². The number of anilines is 1. The largest absolute Gasteiger partial charge is 0.376 e. The summed E-state index contributed by atoms with van der Waals surface area (Å²) in [6, 6.07) is 11.8. The molecule has 1 unspecified atom stereocenters. The number of rotatable bonds is 5. The van der Waals surface area contributed by atoms with Crippen LogP contribution in [0, 0.1) is 5.82 Å². The zero-order valence-electron chi connectivity index (χ0n) is 14.5. The summed E-state index contributed by atoms with van der Waals surface area (Å²) in [7, 11) is 0. The van der Waals surface area contributed by atoms with E-state index in [9.17, 15) is 9.18 Å². The van der Waals surface area contributed by atoms with E-state index < -0.39 is 0 Å². The average Bonchev–Trinajstić information content (AvgIpc) is 3.30. The Morgan fingerprint density at radius 2 is 2.19 bits per heavy atom. The molecule has 1 saturated heterocycles. The number of carbonyl (C=O) groups is 1. The number of hydrogen-bond acceptors (Lipinski definition) is 4. The third kappa shape index (κ3) is 4.13. The molecule has 4 rings (SSSR count). The predicted octanol–water partition coefficient (Wildman–Crippen LogP) is 4.84. The van der Waals surface area contributed by atoms with Gasteiger partial charge in [0.15, 0.2) is 5.13 Å². The molecule has 3 aromatic rings. The van der Waals surface area contributed by atoms with E-state index >= 15 is 0 Å². The van der Waals surface area contributed by atoms with Crippen molar-refractivity contribution in [1.82, 2.24) is 4.98 Å². The lowest BCUT2D eigenvalue weighted by Gasteiger charge is -2.23. The first kappa shape index (κ1) is 18.3. The highest BCUT2D eigenvalue weighted by atomic mass is 35.5. The summed E-state index contributed by atoms with van der Waals surface area (Å²) in [6.45, 7) is 1.15. The molecule has 1 atom stereocenters. The van der Waals surface area contributed by atoms with Crippen LogP contribution in [-0.2, 0) is 16.0 Å². The van der Waals surface area contributed by atoms with E-state index in [-0.39, 0.29) is 24.2 Å². The predicted molar refractivity (Wildman–Crippen MR) is 106 cm³/mol. The Bertz CT molecular complexity index is 972. The van der Waals surface area contributed by atoms with Gasteiger partial charge in [-0.25, -0.2) is 9.37 Å². The zero-order valence-corrected chi connectivity index (χ0v) is 16.1. The highest BCUT2D eigenvalue weighted by Crippen LogP contribution is 2.31. The van der Waals surface area contributed by atoms with Gasteiger partial charge in [-0.1, -0.05) is 41.1 Å². The summed E-state index contributed by atoms with van der Waals surface area (Å²) in [6.07, 6.45) is 2.07. The highest BCUT2D eigenvalue weighted by Gasteiger charge is 2.26. The van der Waals surface area contributed by atoms with Gasteiger partial charge in [0.1, 0.15) is 5.82 Å². The third-order valence-corrected chi connectivity index (χ3v) is 5.99. The molecule has 1 fully saturated rings. The Balaban J connectivity index is 1.64. The van der Waals surface area contributed by atoms with E-state index in [0.717, 1.165) is 18.4 Å². The fourth-order valence-corrected chi connectivity index (χ4v) is 4.40. The van der Waals surface area contributed by atoms with Crippen LogP contribution in [0.15, 0.2) is 42.5 Å². The monoisotopic (exact) mass is 404 g/mol. The minimum absolute atomic E-state index is 0.0102. The second kappa shape index (κ2) is 7.92. The number of thiazole rings is 1. The molecule has 0 saturated carbocycles. The maximum absolute atomic E-state index is 13.5. The zero-order chi connectivity index (χ0) is 18.8. The molecule has 2 aromatic carbocycles. The molecule has 0 spiro atoms. The van der Waals surface area contributed by atoms with Crippen LogP contribution in [0.3, 0.4) is 0 Å². The van der Waals surface area contributed by atoms with Gasteiger partial charge in [-0.05, 0) is 42.7 Å². The number of hydrogen-bond donors (Lipinski definition) is 0. The summed E-state index contributed by atoms with van der Waals surface area (Å²) in [5.74, 6) is -0.413. The van der Waals surface area contributed by atoms with E-state index in [1.165, 1.54) is 23.5 Å². The topological polar surface area (TPSA) is 42.4 Å². The van der Waals surface area contributed by atoms with Crippen molar-refractivity contribution < 1.29 is 13.9 Å². The van der Waals surface area contributed by atoms with Gasteiger partial charge in [-0.2, -0.15) is 0 Å². The van der Waals surface area contributed by atoms with Gasteiger partial charge in [0.2, 0.25) is 5.91 Å². The maximum atomic E-state index is 13.5. The Kier molecular flexibility index (Phi) is 5.38. The number of fused-ring (bicyclic) bond motifs is 1. The number of aromatic nitrogens is 1. The minimum Gasteiger partial charge on any atom is -0.376 e. The standard InChI is InChI=1S/C20H18ClFN2O2S/c21-16-6-2-1-4-13(16)10-19(25)24(12-15-5-3-9-26-15)20-23-17-8-7-14(22)11-18(17)27-20/h1-2,4,6-8,11,15H,3,5,9-10,12H2. The van der Waals surface area contributed by atoms with Crippen LogP contribution in [0.1, 0.15) is 18.4 Å². The number of halogens is 2. The van der Waals surface area contributed by atoms with Crippen molar-refractivity contribution in [2.75, 3.05) is 18.1 Å². The van der Waals surface area contributed by atoms with E-state index in [4.69, 9.17) is 16.3 Å². The molecule has 7 heteroatoms. The fourth-order valence-electron chi connectivity index (χ4n) is 3.18. The van der Waals surface area contributed by atoms with Crippen LogP contribution in [-0.4, -0.2) is 30.1 Å². The van der Waals surface area contributed by atoms with E-state index in [0.29, 0.717) is 33.5 Å². The van der Waals surface area contributed by atoms with Crippen molar-refractivity contribution in [2.24, 2.45) is 0 Å². The van der Waals surface area contributed by atoms with Crippen LogP contribution in [0.5, 0.6) is 0 Å². The number of amides is 1. The van der Waals surface area contributed by atoms with Crippen LogP contribution in [0.25, 0.3) is 10.2 Å². The smallest absolute Gasteiger partial charge is 0.233 e. The van der Waals surface area contributed by atoms with Crippen molar-refractivity contribution in [3.05, 3.63) is 58.9 Å². The van der Waals surface area contributed by atoms with Gasteiger partial charge in [0.05, 0.1) is 29.3 Å². The van der Waals surface area contributed by atoms with Gasteiger partial charge in [0, 0.05) is 11.6 Å². The van der Waals surface area contributed by atoms with E-state index in [1.807, 2.05) is 18.2 Å². The second-order valence-electron chi connectivity index (χ2n) is 6.52. The number of ether oxygens (including phenoxy) is 1. The van der Waals surface area contributed by atoms with Gasteiger partial charge in [-0.3, -0.25) is 9.69 Å². The van der Waals surface area contributed by atoms with E-state index in [2.05, 4.69) is 4.98 Å². The number of nitrogens with zero attached hydrogens (tertiary/aromatic N) is 2. The first-order valence-electron chi connectivity index (χ1n) is 8.81. The molecule has 1 aliphatic rings. The highest BCUT2D eigenvalue weighted by molar-refractivity contribution is 7.22. The van der Waals surface area contributed by atoms with Crippen molar-refractivity contribution >= 4 is 44.2 Å². The van der Waals surface area contributed by atoms with Gasteiger partial charge in [-0.15, -0.1) is 0 Å². The lowest BCUT2D eigenvalue weighted by molar-refractivity contribution is -0.118. The molecule has 0 bridgehead atoms. The summed E-state index contributed by atoms with van der Waals surface area (Å²) in [5.41, 5.74) is 1.45. The van der Waals surface area contributed by atoms with Crippen molar-refractivity contribution in [1.29, 1.82) is 0 Å². The fraction of sp³-hybridized carbons (Fsp3) is 0.300. The molecule has 140 valence electrons. The Labute approximate surface area is 165 Å². The van der Waals surface area contributed by atoms with Crippen molar-refractivity contribution in [2.45, 2.75) is 25.4 Å². The Morgan fingerprint density at radius 1 is 1.33 bits per heavy atom. The second-order valence-corrected chi connectivity index (χ2v) is 7.93. The van der Waals surface area contributed by atoms with Crippen LogP contribution in [0.2, 0.25) is 5.02 Å². The molecule has 1 aliphatic heterocycles. The maximum Gasteiger partial charge on any atom is 0.233 e. The number of benzene rings is 2. The van der Waals surface area contributed by atoms with Crippen LogP contribution in [0.4, 0.5) is 9.52 Å². The number of carbonyl (C=O) groups excluding carboxylic acids is 1. The molecule has 1 aromatic heterocycles. The molecule has 0 N–H and O–H groups in total. The van der Waals surface area contributed by atoms with Crippen molar-refractivity contribution in [3.63, 3.8) is 0 Å². The van der Waals surface area contributed by atoms with Gasteiger partial charge >= 0.3 is 0 Å². The lowest BCUT2D eigenvalue weighted by atomic mass is 10.1. The first-order chi connectivity index (χ1) is 13.1. The molecule has 0 aliphatic carbocycles. The SMILES string of the molecule is O=C(Cc1ccccc1Cl)N(CC1CCCO1)c1nc2ccc(F)cc2s1. The van der Waals surface area contributed by atoms with Gasteiger partial charge < -0.3 is 4.74 Å². The van der Waals surface area contributed by atoms with E-state index in [1.54, 1.807) is 17.0 Å². The molecule has 1 amide bonds. The summed E-state index contributed by atoms with van der Waals surface area (Å²) in [5, 5.41) is 1.12. The Hall–Kier alpha value is -2.02. The molecule has 27 heavy (non-hydrogen) atoms. The summed E-state index contributed by atoms with van der Waals surface area (Å²) in [4.78, 5) is 19.3. The summed E-state index contributed by atoms with van der Waals surface area (Å²) >= 11 is 7.53. The first-order valence-corrected chi connectivity index (χ1v) is 10.0. The molecular weight excluding hydrogens is 387 g/mol. The minimum atomic E-state index is -0.314. The molecule has 4 nitrogen and oxygen atoms in total.